The Kier molecular flexibility index (Phi) is 54.3. The molecule has 0 spiro atoms. The van der Waals surface area contributed by atoms with Gasteiger partial charge in [-0.1, -0.05) is 275 Å². The van der Waals surface area contributed by atoms with Gasteiger partial charge in [-0.2, -0.15) is 0 Å². The number of carbonyl (C=O) groups excluding carboxylic acids is 2. The molecule has 10 heteroatoms. The second-order valence-electron chi connectivity index (χ2n) is 22.9. The Morgan fingerprint density at radius 1 is 0.474 bits per heavy atom. The SMILES string of the molecule is CC/C=C/C/C=C/C/C=C/C/C=C/CCCCCC(=O)NC(COP(=O)(O)OCC[N+](C)(C)C)C(/C=C/CCCCCCCCCCCCC)OC(=O)CCCCCCCCCCCCCCCCCCCCCCC. The van der Waals surface area contributed by atoms with Gasteiger partial charge in [0.05, 0.1) is 33.8 Å². The lowest BCUT2D eigenvalue weighted by molar-refractivity contribution is -0.870. The predicted octanol–water partition coefficient (Wildman–Crippen LogP) is 19.8. The van der Waals surface area contributed by atoms with E-state index in [2.05, 4.69) is 74.7 Å². The molecule has 76 heavy (non-hydrogen) atoms. The number of quaternary nitrogens is 1. The first-order valence-corrected chi connectivity index (χ1v) is 33.6. The quantitative estimate of drug-likeness (QED) is 0.0205. The second kappa shape index (κ2) is 56.0. The van der Waals surface area contributed by atoms with Gasteiger partial charge in [0.2, 0.25) is 5.91 Å². The summed E-state index contributed by atoms with van der Waals surface area (Å²) in [5.41, 5.74) is 0. The number of amides is 1. The van der Waals surface area contributed by atoms with Crippen molar-refractivity contribution in [1.29, 1.82) is 0 Å². The van der Waals surface area contributed by atoms with Crippen LogP contribution in [0.4, 0.5) is 0 Å². The summed E-state index contributed by atoms with van der Waals surface area (Å²) in [6.07, 6.45) is 70.8. The minimum absolute atomic E-state index is 0.0337. The highest BCUT2D eigenvalue weighted by Crippen LogP contribution is 2.43. The standard InChI is InChI=1S/C66H123N2O7P/c1-7-10-13-16-19-22-25-28-30-32-33-34-35-36-38-41-44-47-50-53-56-59-66(70)75-64(57-54-51-48-45-42-39-27-24-21-18-15-12-9-3)63(62-74-76(71,72)73-61-60-68(4,5)6)67-65(69)58-55-52-49-46-43-40-37-31-29-26-23-20-17-14-11-8-2/h11,14,20,23,29,31,40,43,54,57,63-64H,7-10,12-13,15-19,21-22,24-28,30,32-39,41-42,44-53,55-56,58-62H2,1-6H3,(H-,67,69,71,72)/p+1/b14-11+,23-20+,31-29+,43-40+,57-54+. The largest absolute Gasteiger partial charge is 0.472 e. The fraction of sp³-hybridized carbons (Fsp3) is 0.818. The lowest BCUT2D eigenvalue weighted by Gasteiger charge is -2.27. The first-order valence-electron chi connectivity index (χ1n) is 32.1. The molecule has 3 unspecified atom stereocenters. The normalized spacial score (nSPS) is 14.0. The van der Waals surface area contributed by atoms with Crippen molar-refractivity contribution in [3.8, 4) is 0 Å². The Morgan fingerprint density at radius 2 is 0.842 bits per heavy atom. The highest BCUT2D eigenvalue weighted by molar-refractivity contribution is 7.47. The zero-order chi connectivity index (χ0) is 55.7. The van der Waals surface area contributed by atoms with Crippen LogP contribution in [0.2, 0.25) is 0 Å². The zero-order valence-electron chi connectivity index (χ0n) is 50.7. The molecule has 0 aliphatic carbocycles. The number of hydrogen-bond acceptors (Lipinski definition) is 6. The van der Waals surface area contributed by atoms with Crippen molar-refractivity contribution in [1.82, 2.24) is 5.32 Å². The van der Waals surface area contributed by atoms with Crippen molar-refractivity contribution in [2.45, 2.75) is 309 Å². The Morgan fingerprint density at radius 3 is 1.28 bits per heavy atom. The van der Waals surface area contributed by atoms with E-state index in [4.69, 9.17) is 13.8 Å². The molecular formula is C66H124N2O7P+. The van der Waals surface area contributed by atoms with Crippen LogP contribution in [-0.4, -0.2) is 74.3 Å². The van der Waals surface area contributed by atoms with Gasteiger partial charge in [0.15, 0.2) is 0 Å². The minimum Gasteiger partial charge on any atom is -0.456 e. The third-order valence-electron chi connectivity index (χ3n) is 14.2. The lowest BCUT2D eigenvalue weighted by Crippen LogP contribution is -2.47. The molecule has 0 aromatic rings. The fourth-order valence-electron chi connectivity index (χ4n) is 9.29. The van der Waals surface area contributed by atoms with Crippen LogP contribution in [0.25, 0.3) is 0 Å². The molecule has 0 saturated carbocycles. The number of nitrogens with zero attached hydrogens (tertiary/aromatic N) is 1. The smallest absolute Gasteiger partial charge is 0.456 e. The molecule has 0 aromatic carbocycles. The van der Waals surface area contributed by atoms with Crippen LogP contribution in [0, 0.1) is 0 Å². The number of ether oxygens (including phenoxy) is 1. The molecule has 444 valence electrons. The number of phosphoric acid groups is 1. The molecule has 0 rings (SSSR count). The third-order valence-corrected chi connectivity index (χ3v) is 15.2. The summed E-state index contributed by atoms with van der Waals surface area (Å²) in [7, 11) is 1.48. The summed E-state index contributed by atoms with van der Waals surface area (Å²) in [6, 6.07) is -0.864. The van der Waals surface area contributed by atoms with Gasteiger partial charge in [0.1, 0.15) is 19.3 Å². The zero-order valence-corrected chi connectivity index (χ0v) is 51.6. The van der Waals surface area contributed by atoms with E-state index in [0.717, 1.165) is 83.5 Å². The maximum Gasteiger partial charge on any atom is 0.472 e. The monoisotopic (exact) mass is 1090 g/mol. The molecular weight excluding hydrogens is 964 g/mol. The Balaban J connectivity index is 5.24. The molecule has 0 aliphatic heterocycles. The number of likely N-dealkylation sites (N-methyl/N-ethyl adjacent to an activating group) is 1. The third kappa shape index (κ3) is 56.4. The molecule has 1 amide bonds. The number of phosphoric ester groups is 1. The molecule has 3 atom stereocenters. The van der Waals surface area contributed by atoms with Gasteiger partial charge in [-0.25, -0.2) is 4.57 Å². The van der Waals surface area contributed by atoms with E-state index in [0.29, 0.717) is 23.9 Å². The van der Waals surface area contributed by atoms with E-state index >= 15 is 0 Å². The highest BCUT2D eigenvalue weighted by Gasteiger charge is 2.30. The number of rotatable bonds is 58. The number of esters is 1. The first-order chi connectivity index (χ1) is 36.9. The number of hydrogen-bond donors (Lipinski definition) is 2. The molecule has 2 N–H and O–H groups in total. The van der Waals surface area contributed by atoms with Crippen LogP contribution >= 0.6 is 7.82 Å². The van der Waals surface area contributed by atoms with E-state index in [1.807, 2.05) is 33.3 Å². The van der Waals surface area contributed by atoms with Crippen molar-refractivity contribution < 1.29 is 37.3 Å². The van der Waals surface area contributed by atoms with E-state index in [1.165, 1.54) is 173 Å². The van der Waals surface area contributed by atoms with Gasteiger partial charge < -0.3 is 19.4 Å². The lowest BCUT2D eigenvalue weighted by atomic mass is 10.0. The van der Waals surface area contributed by atoms with Crippen molar-refractivity contribution in [2.24, 2.45) is 0 Å². The van der Waals surface area contributed by atoms with E-state index in [9.17, 15) is 19.0 Å². The molecule has 0 radical (unpaired) electrons. The van der Waals surface area contributed by atoms with Crippen LogP contribution in [0.15, 0.2) is 60.8 Å². The second-order valence-corrected chi connectivity index (χ2v) is 24.4. The average Bonchev–Trinajstić information content (AvgIpc) is 3.38. The first kappa shape index (κ1) is 73.7. The van der Waals surface area contributed by atoms with E-state index < -0.39 is 20.0 Å². The molecule has 0 aromatic heterocycles. The van der Waals surface area contributed by atoms with E-state index in [1.54, 1.807) is 0 Å². The van der Waals surface area contributed by atoms with Crippen LogP contribution in [0.3, 0.4) is 0 Å². The summed E-state index contributed by atoms with van der Waals surface area (Å²) < 4.78 is 30.7. The average molecular weight is 1090 g/mol. The number of allylic oxidation sites excluding steroid dienone is 9. The Hall–Kier alpha value is -2.29. The molecule has 9 nitrogen and oxygen atoms in total. The van der Waals surface area contributed by atoms with Gasteiger partial charge >= 0.3 is 13.8 Å². The maximum absolute atomic E-state index is 13.5. The van der Waals surface area contributed by atoms with Crippen molar-refractivity contribution in [3.63, 3.8) is 0 Å². The van der Waals surface area contributed by atoms with Gasteiger partial charge in [-0.15, -0.1) is 0 Å². The predicted molar refractivity (Wildman–Crippen MR) is 328 cm³/mol. The van der Waals surface area contributed by atoms with Gasteiger partial charge in [-0.3, -0.25) is 18.6 Å². The molecule has 0 aliphatic rings. The van der Waals surface area contributed by atoms with Gasteiger partial charge in [0, 0.05) is 12.8 Å². The minimum atomic E-state index is -4.46. The summed E-state index contributed by atoms with van der Waals surface area (Å²) >= 11 is 0. The summed E-state index contributed by atoms with van der Waals surface area (Å²) in [5, 5.41) is 3.04. The van der Waals surface area contributed by atoms with Gasteiger partial charge in [-0.05, 0) is 70.3 Å². The number of carbonyl (C=O) groups is 2. The summed E-state index contributed by atoms with van der Waals surface area (Å²) in [4.78, 5) is 37.7. The number of unbranched alkanes of at least 4 members (excludes halogenated alkanes) is 34. The van der Waals surface area contributed by atoms with E-state index in [-0.39, 0.29) is 31.5 Å². The highest BCUT2D eigenvalue weighted by atomic mass is 31.2. The van der Waals surface area contributed by atoms with Crippen LogP contribution in [-0.2, 0) is 27.9 Å². The Bertz CT molecular complexity index is 1490. The van der Waals surface area contributed by atoms with Crippen molar-refractivity contribution >= 4 is 19.7 Å². The Labute approximate surface area is 471 Å². The van der Waals surface area contributed by atoms with Gasteiger partial charge in [0.25, 0.3) is 0 Å². The van der Waals surface area contributed by atoms with Crippen LogP contribution in [0.1, 0.15) is 297 Å². The molecule has 0 fully saturated rings. The fourth-order valence-corrected chi connectivity index (χ4v) is 10.0. The molecule has 0 bridgehead atoms. The summed E-state index contributed by atoms with van der Waals surface area (Å²) in [5.74, 6) is -0.531. The van der Waals surface area contributed by atoms with Crippen molar-refractivity contribution in [2.75, 3.05) is 40.9 Å². The molecule has 0 saturated heterocycles. The molecule has 0 heterocycles. The maximum atomic E-state index is 13.5. The topological polar surface area (TPSA) is 111 Å². The number of nitrogens with one attached hydrogen (secondary N) is 1. The van der Waals surface area contributed by atoms with Crippen LogP contribution < -0.4 is 5.32 Å². The van der Waals surface area contributed by atoms with Crippen molar-refractivity contribution in [3.05, 3.63) is 60.8 Å². The summed E-state index contributed by atoms with van der Waals surface area (Å²) in [6.45, 7) is 6.90. The van der Waals surface area contributed by atoms with Crippen LogP contribution in [0.5, 0.6) is 0 Å².